The van der Waals surface area contributed by atoms with Gasteiger partial charge in [0, 0.05) is 17.5 Å². The van der Waals surface area contributed by atoms with Crippen molar-refractivity contribution in [2.24, 2.45) is 11.7 Å². The molecule has 0 aliphatic carbocycles. The number of rotatable bonds is 4. The van der Waals surface area contributed by atoms with Gasteiger partial charge in [-0.3, -0.25) is 0 Å². The fourth-order valence-corrected chi connectivity index (χ4v) is 2.83. The molecule has 0 amide bonds. The van der Waals surface area contributed by atoms with E-state index in [0.717, 1.165) is 26.1 Å². The lowest BCUT2D eigenvalue weighted by molar-refractivity contribution is 0.0439. The van der Waals surface area contributed by atoms with Gasteiger partial charge in [0.15, 0.2) is 0 Å². The van der Waals surface area contributed by atoms with Crippen LogP contribution in [0.5, 0.6) is 0 Å². The molecular formula is C12H19NOS. The maximum atomic E-state index is 6.19. The van der Waals surface area contributed by atoms with Gasteiger partial charge in [0.25, 0.3) is 0 Å². The molecular weight excluding hydrogens is 206 g/mol. The first-order valence-corrected chi connectivity index (χ1v) is 6.60. The molecule has 2 nitrogen and oxygen atoms in total. The molecule has 1 aliphatic heterocycles. The highest BCUT2D eigenvalue weighted by atomic mass is 32.1. The first-order chi connectivity index (χ1) is 7.36. The van der Waals surface area contributed by atoms with Crippen LogP contribution in [0, 0.1) is 5.92 Å². The first-order valence-electron chi connectivity index (χ1n) is 5.72. The van der Waals surface area contributed by atoms with Gasteiger partial charge in [0.2, 0.25) is 0 Å². The van der Waals surface area contributed by atoms with Crippen LogP contribution in [-0.2, 0) is 11.2 Å². The Labute approximate surface area is 95.4 Å². The number of thiophene rings is 1. The van der Waals surface area contributed by atoms with Crippen LogP contribution in [-0.4, -0.2) is 19.3 Å². The summed E-state index contributed by atoms with van der Waals surface area (Å²) in [5.74, 6) is 0.582. The third-order valence-electron chi connectivity index (χ3n) is 3.11. The van der Waals surface area contributed by atoms with Gasteiger partial charge in [0.1, 0.15) is 0 Å². The second-order valence-corrected chi connectivity index (χ2v) is 5.29. The molecule has 0 radical (unpaired) electrons. The van der Waals surface area contributed by atoms with Gasteiger partial charge >= 0.3 is 0 Å². The molecule has 2 atom stereocenters. The van der Waals surface area contributed by atoms with Crippen molar-refractivity contribution < 1.29 is 4.74 Å². The number of ether oxygens (including phenoxy) is 1. The van der Waals surface area contributed by atoms with Crippen molar-refractivity contribution in [3.63, 3.8) is 0 Å². The van der Waals surface area contributed by atoms with Crippen molar-refractivity contribution in [2.75, 3.05) is 13.2 Å². The van der Waals surface area contributed by atoms with E-state index in [9.17, 15) is 0 Å². The predicted molar refractivity (Wildman–Crippen MR) is 64.2 cm³/mol. The molecule has 1 aromatic heterocycles. The van der Waals surface area contributed by atoms with E-state index >= 15 is 0 Å². The summed E-state index contributed by atoms with van der Waals surface area (Å²) in [7, 11) is 0. The summed E-state index contributed by atoms with van der Waals surface area (Å²) in [6.45, 7) is 1.79. The molecule has 84 valence electrons. The van der Waals surface area contributed by atoms with E-state index in [1.165, 1.54) is 17.7 Å². The molecule has 1 fully saturated rings. The Balaban J connectivity index is 1.74. The fraction of sp³-hybridized carbons (Fsp3) is 0.667. The summed E-state index contributed by atoms with van der Waals surface area (Å²) in [5, 5.41) is 2.13. The third-order valence-corrected chi connectivity index (χ3v) is 4.04. The summed E-state index contributed by atoms with van der Waals surface area (Å²) >= 11 is 1.82. The Morgan fingerprint density at radius 1 is 1.60 bits per heavy atom. The van der Waals surface area contributed by atoms with Gasteiger partial charge in [0.05, 0.1) is 6.61 Å². The summed E-state index contributed by atoms with van der Waals surface area (Å²) in [4.78, 5) is 1.45. The number of nitrogens with two attached hydrogens (primary N) is 1. The van der Waals surface area contributed by atoms with Gasteiger partial charge < -0.3 is 10.5 Å². The van der Waals surface area contributed by atoms with Gasteiger partial charge in [-0.1, -0.05) is 6.07 Å². The Hall–Kier alpha value is -0.380. The van der Waals surface area contributed by atoms with E-state index < -0.39 is 0 Å². The van der Waals surface area contributed by atoms with Crippen molar-refractivity contribution in [1.29, 1.82) is 0 Å². The Bertz CT molecular complexity index is 267. The van der Waals surface area contributed by atoms with Crippen molar-refractivity contribution in [2.45, 2.75) is 31.7 Å². The lowest BCUT2D eigenvalue weighted by atomic mass is 9.91. The van der Waals surface area contributed by atoms with Crippen molar-refractivity contribution in [1.82, 2.24) is 0 Å². The standard InChI is InChI=1S/C12H19NOS/c13-12(10-3-1-7-14-9-10)6-5-11-4-2-8-15-11/h2,4,8,10,12H,1,3,5-7,9,13H2. The topological polar surface area (TPSA) is 35.2 Å². The Morgan fingerprint density at radius 2 is 2.53 bits per heavy atom. The maximum Gasteiger partial charge on any atom is 0.0509 e. The summed E-state index contributed by atoms with van der Waals surface area (Å²) in [6.07, 6.45) is 4.63. The van der Waals surface area contributed by atoms with Gasteiger partial charge in [-0.2, -0.15) is 0 Å². The van der Waals surface area contributed by atoms with Crippen LogP contribution in [0.25, 0.3) is 0 Å². The fourth-order valence-electron chi connectivity index (χ4n) is 2.10. The highest BCUT2D eigenvalue weighted by Gasteiger charge is 2.20. The minimum absolute atomic E-state index is 0.312. The van der Waals surface area contributed by atoms with Crippen molar-refractivity contribution in [3.05, 3.63) is 22.4 Å². The lowest BCUT2D eigenvalue weighted by Gasteiger charge is -2.27. The van der Waals surface area contributed by atoms with E-state index in [-0.39, 0.29) is 0 Å². The summed E-state index contributed by atoms with van der Waals surface area (Å²) in [5.41, 5.74) is 6.19. The molecule has 2 N–H and O–H groups in total. The number of aryl methyl sites for hydroxylation is 1. The molecule has 15 heavy (non-hydrogen) atoms. The first kappa shape index (κ1) is 11.1. The number of hydrogen-bond donors (Lipinski definition) is 1. The molecule has 1 aliphatic rings. The zero-order valence-corrected chi connectivity index (χ0v) is 9.84. The molecule has 1 aromatic rings. The average molecular weight is 225 g/mol. The lowest BCUT2D eigenvalue weighted by Crippen LogP contribution is -2.36. The second-order valence-electron chi connectivity index (χ2n) is 4.26. The van der Waals surface area contributed by atoms with Crippen LogP contribution in [0.3, 0.4) is 0 Å². The van der Waals surface area contributed by atoms with Crippen LogP contribution >= 0.6 is 11.3 Å². The van der Waals surface area contributed by atoms with Gasteiger partial charge in [-0.15, -0.1) is 11.3 Å². The van der Waals surface area contributed by atoms with Gasteiger partial charge in [-0.25, -0.2) is 0 Å². The Morgan fingerprint density at radius 3 is 3.20 bits per heavy atom. The normalized spacial score (nSPS) is 23.9. The predicted octanol–water partition coefficient (Wildman–Crippen LogP) is 2.43. The van der Waals surface area contributed by atoms with Gasteiger partial charge in [-0.05, 0) is 43.0 Å². The smallest absolute Gasteiger partial charge is 0.0509 e. The monoisotopic (exact) mass is 225 g/mol. The minimum Gasteiger partial charge on any atom is -0.381 e. The molecule has 2 rings (SSSR count). The van der Waals surface area contributed by atoms with Crippen LogP contribution in [0.2, 0.25) is 0 Å². The molecule has 0 aromatic carbocycles. The molecule has 0 spiro atoms. The van der Waals surface area contributed by atoms with Crippen molar-refractivity contribution >= 4 is 11.3 Å². The van der Waals surface area contributed by atoms with Crippen LogP contribution in [0.1, 0.15) is 24.1 Å². The molecule has 0 bridgehead atoms. The highest BCUT2D eigenvalue weighted by molar-refractivity contribution is 7.09. The van der Waals surface area contributed by atoms with Crippen LogP contribution in [0.15, 0.2) is 17.5 Å². The van der Waals surface area contributed by atoms with Crippen LogP contribution in [0.4, 0.5) is 0 Å². The van der Waals surface area contributed by atoms with Crippen molar-refractivity contribution in [3.8, 4) is 0 Å². The average Bonchev–Trinajstić information content (AvgIpc) is 2.80. The van der Waals surface area contributed by atoms with E-state index in [4.69, 9.17) is 10.5 Å². The zero-order valence-electron chi connectivity index (χ0n) is 9.02. The quantitative estimate of drug-likeness (QED) is 0.854. The van der Waals surface area contributed by atoms with E-state index in [1.807, 2.05) is 11.3 Å². The summed E-state index contributed by atoms with van der Waals surface area (Å²) < 4.78 is 5.46. The minimum atomic E-state index is 0.312. The molecule has 3 heteroatoms. The number of hydrogen-bond acceptors (Lipinski definition) is 3. The highest BCUT2D eigenvalue weighted by Crippen LogP contribution is 2.20. The van der Waals surface area contributed by atoms with E-state index in [1.54, 1.807) is 0 Å². The summed E-state index contributed by atoms with van der Waals surface area (Å²) in [6, 6.07) is 4.61. The van der Waals surface area contributed by atoms with Crippen LogP contribution < -0.4 is 5.73 Å². The molecule has 1 saturated heterocycles. The van der Waals surface area contributed by atoms with E-state index in [2.05, 4.69) is 17.5 Å². The Kier molecular flexibility index (Phi) is 4.18. The zero-order chi connectivity index (χ0) is 10.5. The second kappa shape index (κ2) is 5.64. The van der Waals surface area contributed by atoms with E-state index in [0.29, 0.717) is 12.0 Å². The third kappa shape index (κ3) is 3.30. The maximum absolute atomic E-state index is 6.19. The molecule has 0 saturated carbocycles. The SMILES string of the molecule is NC(CCc1cccs1)C1CCCOC1. The largest absolute Gasteiger partial charge is 0.381 e. The molecule has 2 unspecified atom stereocenters. The molecule has 2 heterocycles.